The van der Waals surface area contributed by atoms with Gasteiger partial charge in [-0.1, -0.05) is 0 Å². The van der Waals surface area contributed by atoms with Gasteiger partial charge in [-0.25, -0.2) is 4.79 Å². The summed E-state index contributed by atoms with van der Waals surface area (Å²) in [4.78, 5) is 14.6. The molecule has 4 nitrogen and oxygen atoms in total. The van der Waals surface area contributed by atoms with Gasteiger partial charge in [-0.2, -0.15) is 4.98 Å². The number of hydrogen-bond donors (Lipinski definition) is 0. The summed E-state index contributed by atoms with van der Waals surface area (Å²) in [7, 11) is 1.25. The predicted octanol–water partition coefficient (Wildman–Crippen LogP) is 0.751. The molecule has 0 fully saturated rings. The number of esters is 1. The number of hydrogen-bond acceptors (Lipinski definition) is 4. The second-order valence-electron chi connectivity index (χ2n) is 2.06. The van der Waals surface area contributed by atoms with Crippen LogP contribution in [0.5, 0.6) is 0 Å². The fraction of sp³-hybridized carbons (Fsp3) is 0.250. The minimum atomic E-state index is -0.625. The van der Waals surface area contributed by atoms with Gasteiger partial charge >= 0.3 is 11.9 Å². The number of methoxy groups -OCH3 is 1. The van der Waals surface area contributed by atoms with E-state index in [0.29, 0.717) is 11.5 Å². The number of terminal acetylenes is 1. The van der Waals surface area contributed by atoms with E-state index < -0.39 is 5.97 Å². The van der Waals surface area contributed by atoms with Gasteiger partial charge in [0.15, 0.2) is 5.69 Å². The summed E-state index contributed by atoms with van der Waals surface area (Å²) in [6.07, 6.45) is 5.08. The van der Waals surface area contributed by atoms with Crippen molar-refractivity contribution in [3.8, 4) is 12.3 Å². The Kier molecular flexibility index (Phi) is 2.15. The van der Waals surface area contributed by atoms with Gasteiger partial charge in [0.1, 0.15) is 5.76 Å². The Morgan fingerprint density at radius 3 is 2.83 bits per heavy atom. The van der Waals surface area contributed by atoms with Crippen molar-refractivity contribution >= 4 is 5.97 Å². The molecule has 0 radical (unpaired) electrons. The van der Waals surface area contributed by atoms with Gasteiger partial charge in [-0.15, -0.1) is 6.42 Å². The Bertz CT molecular complexity index is 346. The summed E-state index contributed by atoms with van der Waals surface area (Å²) >= 11 is 0. The Balaban J connectivity index is 3.07. The van der Waals surface area contributed by atoms with E-state index in [1.807, 2.05) is 0 Å². The maximum Gasteiger partial charge on any atom is 0.394 e. The van der Waals surface area contributed by atoms with Crippen LogP contribution in [0.2, 0.25) is 0 Å². The lowest BCUT2D eigenvalue weighted by molar-refractivity contribution is 0.0554. The van der Waals surface area contributed by atoms with Crippen molar-refractivity contribution in [3.05, 3.63) is 17.3 Å². The third-order valence-electron chi connectivity index (χ3n) is 1.29. The van der Waals surface area contributed by atoms with Gasteiger partial charge < -0.3 is 9.15 Å². The largest absolute Gasteiger partial charge is 0.462 e. The standard InChI is InChI=1S/C8H7NO3/c1-4-6-5(2)12-7(9-6)8(10)11-3/h1H,2-3H3. The van der Waals surface area contributed by atoms with Crippen LogP contribution in [0.4, 0.5) is 0 Å². The lowest BCUT2D eigenvalue weighted by Gasteiger charge is -1.88. The fourth-order valence-electron chi connectivity index (χ4n) is 0.705. The van der Waals surface area contributed by atoms with E-state index in [4.69, 9.17) is 10.8 Å². The highest BCUT2D eigenvalue weighted by Crippen LogP contribution is 2.08. The van der Waals surface area contributed by atoms with Crippen LogP contribution in [0.25, 0.3) is 0 Å². The first kappa shape index (κ1) is 8.34. The molecule has 1 heterocycles. The third kappa shape index (κ3) is 1.30. The number of oxazole rings is 1. The quantitative estimate of drug-likeness (QED) is 0.455. The maximum atomic E-state index is 10.8. The summed E-state index contributed by atoms with van der Waals surface area (Å²) in [6, 6.07) is 0. The number of aromatic nitrogens is 1. The summed E-state index contributed by atoms with van der Waals surface area (Å²) in [5, 5.41) is 0. The average Bonchev–Trinajstić information content (AvgIpc) is 2.45. The second-order valence-corrected chi connectivity index (χ2v) is 2.06. The molecular formula is C8H7NO3. The molecule has 0 atom stereocenters. The SMILES string of the molecule is C#Cc1nc(C(=O)OC)oc1C. The lowest BCUT2D eigenvalue weighted by atomic mass is 10.4. The molecule has 0 saturated carbocycles. The zero-order valence-corrected chi connectivity index (χ0v) is 6.75. The first-order chi connectivity index (χ1) is 5.69. The molecule has 4 heteroatoms. The number of carbonyl (C=O) groups is 1. The van der Waals surface area contributed by atoms with Crippen LogP contribution in [-0.4, -0.2) is 18.1 Å². The summed E-state index contributed by atoms with van der Waals surface area (Å²) in [5.74, 6) is 1.99. The topological polar surface area (TPSA) is 52.3 Å². The van der Waals surface area contributed by atoms with E-state index in [2.05, 4.69) is 15.6 Å². The monoisotopic (exact) mass is 165 g/mol. The molecule has 0 aliphatic heterocycles. The van der Waals surface area contributed by atoms with Gasteiger partial charge in [0.2, 0.25) is 0 Å². The predicted molar refractivity (Wildman–Crippen MR) is 40.5 cm³/mol. The number of aryl methyl sites for hydroxylation is 1. The zero-order valence-electron chi connectivity index (χ0n) is 6.75. The van der Waals surface area contributed by atoms with Crippen molar-refractivity contribution < 1.29 is 13.9 Å². The molecule has 0 aliphatic carbocycles. The van der Waals surface area contributed by atoms with Gasteiger partial charge in [-0.05, 0) is 12.8 Å². The van der Waals surface area contributed by atoms with Crippen molar-refractivity contribution in [2.75, 3.05) is 7.11 Å². The number of nitrogens with zero attached hydrogens (tertiary/aromatic N) is 1. The van der Waals surface area contributed by atoms with Crippen LogP contribution >= 0.6 is 0 Å². The minimum Gasteiger partial charge on any atom is -0.462 e. The Morgan fingerprint density at radius 2 is 2.42 bits per heavy atom. The first-order valence-corrected chi connectivity index (χ1v) is 3.21. The highest BCUT2D eigenvalue weighted by atomic mass is 16.5. The molecular weight excluding hydrogens is 158 g/mol. The van der Waals surface area contributed by atoms with E-state index in [1.54, 1.807) is 6.92 Å². The van der Waals surface area contributed by atoms with Crippen LogP contribution in [0.15, 0.2) is 4.42 Å². The normalized spacial score (nSPS) is 9.08. The second kappa shape index (κ2) is 3.09. The van der Waals surface area contributed by atoms with Gasteiger partial charge in [-0.3, -0.25) is 0 Å². The third-order valence-corrected chi connectivity index (χ3v) is 1.29. The van der Waals surface area contributed by atoms with Crippen LogP contribution in [0.3, 0.4) is 0 Å². The highest BCUT2D eigenvalue weighted by molar-refractivity contribution is 5.84. The average molecular weight is 165 g/mol. The van der Waals surface area contributed by atoms with Crippen molar-refractivity contribution in [1.29, 1.82) is 0 Å². The first-order valence-electron chi connectivity index (χ1n) is 3.21. The molecule has 62 valence electrons. The number of carbonyl (C=O) groups excluding carboxylic acids is 1. The molecule has 12 heavy (non-hydrogen) atoms. The van der Waals surface area contributed by atoms with Crippen LogP contribution in [0.1, 0.15) is 22.1 Å². The minimum absolute atomic E-state index is 0.108. The van der Waals surface area contributed by atoms with Crippen molar-refractivity contribution in [2.24, 2.45) is 0 Å². The Labute approximate surface area is 69.5 Å². The molecule has 0 aliphatic rings. The summed E-state index contributed by atoms with van der Waals surface area (Å²) in [5.41, 5.74) is 0.329. The molecule has 1 rings (SSSR count). The van der Waals surface area contributed by atoms with E-state index in [-0.39, 0.29) is 5.89 Å². The molecule has 0 bridgehead atoms. The van der Waals surface area contributed by atoms with Crippen molar-refractivity contribution in [2.45, 2.75) is 6.92 Å². The van der Waals surface area contributed by atoms with Crippen LogP contribution in [-0.2, 0) is 4.74 Å². The van der Waals surface area contributed by atoms with Gasteiger partial charge in [0.05, 0.1) is 7.11 Å². The van der Waals surface area contributed by atoms with E-state index in [9.17, 15) is 4.79 Å². The molecule has 1 aromatic heterocycles. The summed E-state index contributed by atoms with van der Waals surface area (Å²) in [6.45, 7) is 1.63. The molecule has 0 aromatic carbocycles. The van der Waals surface area contributed by atoms with E-state index in [0.717, 1.165) is 0 Å². The van der Waals surface area contributed by atoms with Crippen LogP contribution in [0, 0.1) is 19.3 Å². The zero-order chi connectivity index (χ0) is 9.14. The Morgan fingerprint density at radius 1 is 1.75 bits per heavy atom. The highest BCUT2D eigenvalue weighted by Gasteiger charge is 2.15. The van der Waals surface area contributed by atoms with Gasteiger partial charge in [0, 0.05) is 0 Å². The molecule has 1 aromatic rings. The number of rotatable bonds is 1. The molecule has 0 amide bonds. The molecule has 0 spiro atoms. The van der Waals surface area contributed by atoms with Crippen LogP contribution < -0.4 is 0 Å². The Hall–Kier alpha value is -1.76. The summed E-state index contributed by atoms with van der Waals surface area (Å²) < 4.78 is 9.32. The van der Waals surface area contributed by atoms with Crippen molar-refractivity contribution in [1.82, 2.24) is 4.98 Å². The lowest BCUT2D eigenvalue weighted by Crippen LogP contribution is -2.00. The molecule has 0 saturated heterocycles. The fourth-order valence-corrected chi connectivity index (χ4v) is 0.705. The molecule has 0 N–H and O–H groups in total. The smallest absolute Gasteiger partial charge is 0.394 e. The van der Waals surface area contributed by atoms with Crippen molar-refractivity contribution in [3.63, 3.8) is 0 Å². The van der Waals surface area contributed by atoms with Gasteiger partial charge in [0.25, 0.3) is 0 Å². The van der Waals surface area contributed by atoms with E-state index >= 15 is 0 Å². The van der Waals surface area contributed by atoms with E-state index in [1.165, 1.54) is 7.11 Å². The number of ether oxygens (including phenoxy) is 1. The maximum absolute atomic E-state index is 10.8. The molecule has 0 unspecified atom stereocenters.